The number of hydrogen-bond donors (Lipinski definition) is 2. The van der Waals surface area contributed by atoms with E-state index in [0.717, 1.165) is 11.3 Å². The van der Waals surface area contributed by atoms with E-state index in [1.807, 2.05) is 6.07 Å². The number of aromatic carboxylic acids is 1. The van der Waals surface area contributed by atoms with Gasteiger partial charge < -0.3 is 5.11 Å². The number of nitriles is 1. The van der Waals surface area contributed by atoms with E-state index in [1.165, 1.54) is 5.38 Å². The molecule has 1 heterocycles. The minimum absolute atomic E-state index is 0.162. The molecule has 2 N–H and O–H groups in total. The van der Waals surface area contributed by atoms with Crippen LogP contribution in [0.25, 0.3) is 0 Å². The number of rotatable bonds is 7. The zero-order chi connectivity index (χ0) is 14.5. The molecule has 0 aliphatic carbocycles. The summed E-state index contributed by atoms with van der Waals surface area (Å²) < 4.78 is 26.4. The van der Waals surface area contributed by atoms with Crippen molar-refractivity contribution in [1.82, 2.24) is 4.72 Å². The summed E-state index contributed by atoms with van der Waals surface area (Å²) in [6.07, 6.45) is 1.52. The van der Waals surface area contributed by atoms with Gasteiger partial charge in [-0.05, 0) is 30.7 Å². The van der Waals surface area contributed by atoms with Crippen LogP contribution in [0.1, 0.15) is 34.5 Å². The highest BCUT2D eigenvalue weighted by atomic mass is 32.2. The third kappa shape index (κ3) is 4.02. The van der Waals surface area contributed by atoms with Crippen LogP contribution >= 0.6 is 11.3 Å². The maximum atomic E-state index is 12.0. The Bertz CT molecular complexity index is 599. The quantitative estimate of drug-likeness (QED) is 0.746. The molecule has 0 aliphatic heterocycles. The van der Waals surface area contributed by atoms with Gasteiger partial charge in [-0.1, -0.05) is 0 Å². The standard InChI is InChI=1S/C11H14N2O4S2/c1-8-7-18-9(11(14)15)10(8)19(16,17)13-6-4-2-3-5-12/h7,13H,2-4,6H2,1H3,(H,14,15). The van der Waals surface area contributed by atoms with E-state index in [0.29, 0.717) is 24.8 Å². The van der Waals surface area contributed by atoms with E-state index < -0.39 is 16.0 Å². The van der Waals surface area contributed by atoms with Gasteiger partial charge in [0.15, 0.2) is 0 Å². The van der Waals surface area contributed by atoms with Gasteiger partial charge in [0.2, 0.25) is 10.0 Å². The van der Waals surface area contributed by atoms with E-state index >= 15 is 0 Å². The number of nitrogens with zero attached hydrogens (tertiary/aromatic N) is 1. The monoisotopic (exact) mass is 302 g/mol. The fourth-order valence-electron chi connectivity index (χ4n) is 1.52. The van der Waals surface area contributed by atoms with Crippen LogP contribution in [0.15, 0.2) is 10.3 Å². The van der Waals surface area contributed by atoms with Crippen molar-refractivity contribution in [1.29, 1.82) is 5.26 Å². The first-order chi connectivity index (χ1) is 8.90. The number of unbranched alkanes of at least 4 members (excludes halogenated alkanes) is 2. The lowest BCUT2D eigenvalue weighted by molar-refractivity contribution is 0.0698. The molecule has 1 aromatic rings. The van der Waals surface area contributed by atoms with Crippen LogP contribution < -0.4 is 4.72 Å². The number of sulfonamides is 1. The van der Waals surface area contributed by atoms with Gasteiger partial charge in [0.1, 0.15) is 9.77 Å². The highest BCUT2D eigenvalue weighted by Gasteiger charge is 2.26. The molecule has 1 rings (SSSR count). The third-order valence-corrected chi connectivity index (χ3v) is 5.25. The Hall–Kier alpha value is -1.43. The first-order valence-corrected chi connectivity index (χ1v) is 7.94. The van der Waals surface area contributed by atoms with Crippen molar-refractivity contribution >= 4 is 27.3 Å². The summed E-state index contributed by atoms with van der Waals surface area (Å²) in [6.45, 7) is 1.76. The molecule has 0 saturated carbocycles. The summed E-state index contributed by atoms with van der Waals surface area (Å²) in [5.41, 5.74) is 0.423. The van der Waals surface area contributed by atoms with Gasteiger partial charge in [0.25, 0.3) is 0 Å². The largest absolute Gasteiger partial charge is 0.477 e. The zero-order valence-corrected chi connectivity index (χ0v) is 12.0. The Morgan fingerprint density at radius 1 is 1.53 bits per heavy atom. The molecule has 19 heavy (non-hydrogen) atoms. The summed E-state index contributed by atoms with van der Waals surface area (Å²) in [5, 5.41) is 18.8. The van der Waals surface area contributed by atoms with E-state index in [-0.39, 0.29) is 16.3 Å². The molecule has 0 aromatic carbocycles. The molecule has 1 aromatic heterocycles. The van der Waals surface area contributed by atoms with Crippen molar-refractivity contribution in [3.63, 3.8) is 0 Å². The SMILES string of the molecule is Cc1csc(C(=O)O)c1S(=O)(=O)NCCCCC#N. The van der Waals surface area contributed by atoms with E-state index in [4.69, 9.17) is 10.4 Å². The van der Waals surface area contributed by atoms with Crippen LogP contribution in [0.4, 0.5) is 0 Å². The first-order valence-electron chi connectivity index (χ1n) is 5.58. The third-order valence-electron chi connectivity index (χ3n) is 2.39. The van der Waals surface area contributed by atoms with Crippen molar-refractivity contribution in [2.45, 2.75) is 31.1 Å². The molecule has 0 unspecified atom stereocenters. The lowest BCUT2D eigenvalue weighted by Crippen LogP contribution is -2.26. The maximum absolute atomic E-state index is 12.0. The van der Waals surface area contributed by atoms with E-state index in [9.17, 15) is 13.2 Å². The van der Waals surface area contributed by atoms with Crippen molar-refractivity contribution in [3.05, 3.63) is 15.8 Å². The number of carbonyl (C=O) groups is 1. The van der Waals surface area contributed by atoms with Crippen molar-refractivity contribution in [3.8, 4) is 6.07 Å². The van der Waals surface area contributed by atoms with Gasteiger partial charge in [-0.2, -0.15) is 5.26 Å². The summed E-state index contributed by atoms with van der Waals surface area (Å²) in [7, 11) is -3.81. The van der Waals surface area contributed by atoms with Crippen molar-refractivity contribution < 1.29 is 18.3 Å². The molecule has 0 fully saturated rings. The number of carboxylic acids is 1. The van der Waals surface area contributed by atoms with Crippen molar-refractivity contribution in [2.24, 2.45) is 0 Å². The van der Waals surface area contributed by atoms with Crippen LogP contribution in [0, 0.1) is 18.3 Å². The smallest absolute Gasteiger partial charge is 0.347 e. The molecular weight excluding hydrogens is 288 g/mol. The van der Waals surface area contributed by atoms with Crippen LogP contribution in [0.2, 0.25) is 0 Å². The Labute approximate surface area is 115 Å². The second-order valence-electron chi connectivity index (χ2n) is 3.90. The number of aryl methyl sites for hydroxylation is 1. The summed E-state index contributed by atoms with van der Waals surface area (Å²) in [6, 6.07) is 1.97. The average Bonchev–Trinajstić information content (AvgIpc) is 2.71. The van der Waals surface area contributed by atoms with Crippen LogP contribution in [0.5, 0.6) is 0 Å². The molecule has 0 saturated heterocycles. The second kappa shape index (κ2) is 6.65. The molecule has 6 nitrogen and oxygen atoms in total. The predicted molar refractivity (Wildman–Crippen MR) is 70.7 cm³/mol. The molecule has 104 valence electrons. The molecular formula is C11H14N2O4S2. The summed E-state index contributed by atoms with van der Waals surface area (Å²) >= 11 is 0.897. The lowest BCUT2D eigenvalue weighted by atomic mass is 10.2. The zero-order valence-electron chi connectivity index (χ0n) is 10.3. The highest BCUT2D eigenvalue weighted by Crippen LogP contribution is 2.26. The van der Waals surface area contributed by atoms with E-state index in [2.05, 4.69) is 4.72 Å². The molecule has 0 spiro atoms. The van der Waals surface area contributed by atoms with Gasteiger partial charge in [-0.3, -0.25) is 0 Å². The van der Waals surface area contributed by atoms with Gasteiger partial charge in [0, 0.05) is 13.0 Å². The van der Waals surface area contributed by atoms with Gasteiger partial charge in [0.05, 0.1) is 6.07 Å². The Morgan fingerprint density at radius 3 is 2.79 bits per heavy atom. The average molecular weight is 302 g/mol. The summed E-state index contributed by atoms with van der Waals surface area (Å²) in [4.78, 5) is 10.6. The predicted octanol–water partition coefficient (Wildman–Crippen LogP) is 1.73. The molecule has 0 aliphatic rings. The maximum Gasteiger partial charge on any atom is 0.347 e. The Kier molecular flexibility index (Phi) is 5.47. The van der Waals surface area contributed by atoms with Crippen LogP contribution in [0.3, 0.4) is 0 Å². The fraction of sp³-hybridized carbons (Fsp3) is 0.455. The topological polar surface area (TPSA) is 107 Å². The molecule has 8 heteroatoms. The molecule has 0 radical (unpaired) electrons. The normalized spacial score (nSPS) is 11.2. The number of thiophene rings is 1. The fourth-order valence-corrected chi connectivity index (χ4v) is 4.22. The molecule has 0 bridgehead atoms. The number of carboxylic acid groups (broad SMARTS) is 1. The lowest BCUT2D eigenvalue weighted by Gasteiger charge is -2.07. The number of nitrogens with one attached hydrogen (secondary N) is 1. The van der Waals surface area contributed by atoms with Crippen LogP contribution in [-0.4, -0.2) is 26.0 Å². The second-order valence-corrected chi connectivity index (χ2v) is 6.48. The Morgan fingerprint density at radius 2 is 2.21 bits per heavy atom. The van der Waals surface area contributed by atoms with Crippen molar-refractivity contribution in [2.75, 3.05) is 6.54 Å². The summed E-state index contributed by atoms with van der Waals surface area (Å²) in [5.74, 6) is -1.25. The van der Waals surface area contributed by atoms with Gasteiger partial charge >= 0.3 is 5.97 Å². The minimum Gasteiger partial charge on any atom is -0.477 e. The Balaban J connectivity index is 2.81. The highest BCUT2D eigenvalue weighted by molar-refractivity contribution is 7.89. The number of hydrogen-bond acceptors (Lipinski definition) is 5. The van der Waals surface area contributed by atoms with E-state index in [1.54, 1.807) is 6.92 Å². The van der Waals surface area contributed by atoms with Crippen LogP contribution in [-0.2, 0) is 10.0 Å². The molecule has 0 amide bonds. The molecule has 0 atom stereocenters. The van der Waals surface area contributed by atoms with Gasteiger partial charge in [-0.15, -0.1) is 11.3 Å². The minimum atomic E-state index is -3.81. The van der Waals surface area contributed by atoms with Gasteiger partial charge in [-0.25, -0.2) is 17.9 Å². The first kappa shape index (κ1) is 15.6.